The zero-order valence-electron chi connectivity index (χ0n) is 11.2. The average molecular weight is 305 g/mol. The van der Waals surface area contributed by atoms with Gasteiger partial charge in [-0.15, -0.1) is 12.4 Å². The van der Waals surface area contributed by atoms with Crippen molar-refractivity contribution in [3.8, 4) is 0 Å². The van der Waals surface area contributed by atoms with Crippen LogP contribution >= 0.6 is 12.4 Å². The second-order valence-electron chi connectivity index (χ2n) is 5.14. The Morgan fingerprint density at radius 1 is 1.35 bits per heavy atom. The molecule has 3 unspecified atom stereocenters. The van der Waals surface area contributed by atoms with Crippen LogP contribution in [0.3, 0.4) is 0 Å². The molecule has 1 amide bonds. The number of benzene rings is 1. The summed E-state index contributed by atoms with van der Waals surface area (Å²) in [6.07, 6.45) is 2.19. The standard InChI is InChI=1S/C14H18F2N2O.ClH/c1-8(13-11(15)3-2-4-12(13)16)18-14(19)9-5-6-10(17)7-9;/h2-4,8-10H,5-7,17H2,1H3,(H,18,19);1H. The van der Waals surface area contributed by atoms with Gasteiger partial charge in [-0.1, -0.05) is 6.07 Å². The molecule has 1 aromatic carbocycles. The maximum absolute atomic E-state index is 13.6. The zero-order valence-corrected chi connectivity index (χ0v) is 12.1. The van der Waals surface area contributed by atoms with Crippen LogP contribution in [0.25, 0.3) is 0 Å². The van der Waals surface area contributed by atoms with Crippen molar-refractivity contribution in [2.45, 2.75) is 38.3 Å². The van der Waals surface area contributed by atoms with Gasteiger partial charge in [0.25, 0.3) is 0 Å². The molecule has 1 aliphatic carbocycles. The number of nitrogens with two attached hydrogens (primary N) is 1. The fourth-order valence-electron chi connectivity index (χ4n) is 2.58. The first-order valence-corrected chi connectivity index (χ1v) is 6.49. The quantitative estimate of drug-likeness (QED) is 0.902. The average Bonchev–Trinajstić information content (AvgIpc) is 2.75. The lowest BCUT2D eigenvalue weighted by molar-refractivity contribution is -0.125. The molecule has 3 nitrogen and oxygen atoms in total. The molecule has 1 fully saturated rings. The number of carbonyl (C=O) groups is 1. The third-order valence-corrected chi connectivity index (χ3v) is 3.64. The van der Waals surface area contributed by atoms with Crippen molar-refractivity contribution < 1.29 is 13.6 Å². The number of rotatable bonds is 3. The predicted octanol–water partition coefficient (Wildman–Crippen LogP) is 2.69. The van der Waals surface area contributed by atoms with E-state index in [1.165, 1.54) is 18.2 Å². The lowest BCUT2D eigenvalue weighted by Crippen LogP contribution is -2.33. The number of carbonyl (C=O) groups excluding carboxylic acids is 1. The van der Waals surface area contributed by atoms with Crippen LogP contribution in [0.4, 0.5) is 8.78 Å². The van der Waals surface area contributed by atoms with Gasteiger partial charge < -0.3 is 11.1 Å². The Bertz CT molecular complexity index is 464. The Morgan fingerprint density at radius 2 is 1.95 bits per heavy atom. The summed E-state index contributed by atoms with van der Waals surface area (Å²) in [6, 6.07) is 3.04. The van der Waals surface area contributed by atoms with Crippen LogP contribution < -0.4 is 11.1 Å². The third-order valence-electron chi connectivity index (χ3n) is 3.64. The minimum Gasteiger partial charge on any atom is -0.349 e. The van der Waals surface area contributed by atoms with E-state index in [1.54, 1.807) is 6.92 Å². The number of amides is 1. The van der Waals surface area contributed by atoms with Crippen LogP contribution in [0.1, 0.15) is 37.8 Å². The molecule has 3 atom stereocenters. The Labute approximate surface area is 123 Å². The summed E-state index contributed by atoms with van der Waals surface area (Å²) < 4.78 is 27.2. The van der Waals surface area contributed by atoms with Gasteiger partial charge in [-0.2, -0.15) is 0 Å². The van der Waals surface area contributed by atoms with E-state index < -0.39 is 17.7 Å². The molecule has 0 aromatic heterocycles. The molecule has 0 saturated heterocycles. The molecular weight excluding hydrogens is 286 g/mol. The van der Waals surface area contributed by atoms with Crippen LogP contribution in [0.15, 0.2) is 18.2 Å². The summed E-state index contributed by atoms with van der Waals surface area (Å²) in [5.41, 5.74) is 5.65. The Balaban J connectivity index is 0.00000200. The van der Waals surface area contributed by atoms with Crippen molar-refractivity contribution in [3.63, 3.8) is 0 Å². The SMILES string of the molecule is CC(NC(=O)C1CCC(N)C1)c1c(F)cccc1F.Cl. The van der Waals surface area contributed by atoms with E-state index in [4.69, 9.17) is 5.73 Å². The first kappa shape index (κ1) is 16.9. The molecule has 20 heavy (non-hydrogen) atoms. The fourth-order valence-corrected chi connectivity index (χ4v) is 2.58. The summed E-state index contributed by atoms with van der Waals surface area (Å²) in [4.78, 5) is 12.0. The molecule has 2 rings (SSSR count). The Kier molecular flexibility index (Phi) is 5.89. The number of halogens is 3. The molecule has 112 valence electrons. The second kappa shape index (κ2) is 6.99. The van der Waals surface area contributed by atoms with Crippen LogP contribution in [-0.4, -0.2) is 11.9 Å². The van der Waals surface area contributed by atoms with Crippen molar-refractivity contribution in [2.75, 3.05) is 0 Å². The molecule has 0 aliphatic heterocycles. The summed E-state index contributed by atoms with van der Waals surface area (Å²) in [5.74, 6) is -1.61. The maximum Gasteiger partial charge on any atom is 0.223 e. The number of nitrogens with one attached hydrogen (secondary N) is 1. The van der Waals surface area contributed by atoms with E-state index in [9.17, 15) is 13.6 Å². The van der Waals surface area contributed by atoms with E-state index >= 15 is 0 Å². The van der Waals surface area contributed by atoms with Gasteiger partial charge in [0.2, 0.25) is 5.91 Å². The largest absolute Gasteiger partial charge is 0.349 e. The lowest BCUT2D eigenvalue weighted by Gasteiger charge is -2.18. The minimum absolute atomic E-state index is 0. The lowest BCUT2D eigenvalue weighted by atomic mass is 10.0. The van der Waals surface area contributed by atoms with Gasteiger partial charge in [0.1, 0.15) is 11.6 Å². The summed E-state index contributed by atoms with van der Waals surface area (Å²) in [5, 5.41) is 2.67. The molecule has 1 aliphatic rings. The Hall–Kier alpha value is -1.20. The van der Waals surface area contributed by atoms with Crippen LogP contribution in [-0.2, 0) is 4.79 Å². The van der Waals surface area contributed by atoms with E-state index in [0.717, 1.165) is 12.8 Å². The van der Waals surface area contributed by atoms with Crippen LogP contribution in [0, 0.1) is 17.6 Å². The van der Waals surface area contributed by atoms with Gasteiger partial charge in [-0.05, 0) is 38.3 Å². The van der Waals surface area contributed by atoms with Gasteiger partial charge >= 0.3 is 0 Å². The molecule has 0 bridgehead atoms. The highest BCUT2D eigenvalue weighted by atomic mass is 35.5. The van der Waals surface area contributed by atoms with Gasteiger partial charge in [0.05, 0.1) is 6.04 Å². The number of hydrogen-bond donors (Lipinski definition) is 2. The summed E-state index contributed by atoms with van der Waals surface area (Å²) >= 11 is 0. The molecule has 0 heterocycles. The van der Waals surface area contributed by atoms with E-state index in [0.29, 0.717) is 6.42 Å². The Morgan fingerprint density at radius 3 is 2.45 bits per heavy atom. The van der Waals surface area contributed by atoms with Gasteiger partial charge in [0.15, 0.2) is 0 Å². The van der Waals surface area contributed by atoms with Crippen molar-refractivity contribution in [1.29, 1.82) is 0 Å². The maximum atomic E-state index is 13.6. The van der Waals surface area contributed by atoms with Gasteiger partial charge in [0, 0.05) is 17.5 Å². The van der Waals surface area contributed by atoms with Crippen LogP contribution in [0.2, 0.25) is 0 Å². The summed E-state index contributed by atoms with van der Waals surface area (Å²) in [7, 11) is 0. The van der Waals surface area contributed by atoms with Crippen molar-refractivity contribution in [3.05, 3.63) is 35.4 Å². The van der Waals surface area contributed by atoms with E-state index in [1.807, 2.05) is 0 Å². The monoisotopic (exact) mass is 304 g/mol. The van der Waals surface area contributed by atoms with E-state index in [-0.39, 0.29) is 35.8 Å². The fraction of sp³-hybridized carbons (Fsp3) is 0.500. The molecule has 0 radical (unpaired) electrons. The summed E-state index contributed by atoms with van der Waals surface area (Å²) in [6.45, 7) is 1.58. The highest BCUT2D eigenvalue weighted by Crippen LogP contribution is 2.26. The van der Waals surface area contributed by atoms with Crippen molar-refractivity contribution in [2.24, 2.45) is 11.7 Å². The predicted molar refractivity (Wildman–Crippen MR) is 75.5 cm³/mol. The molecule has 0 spiro atoms. The smallest absolute Gasteiger partial charge is 0.223 e. The second-order valence-corrected chi connectivity index (χ2v) is 5.14. The van der Waals surface area contributed by atoms with Gasteiger partial charge in [-0.3, -0.25) is 4.79 Å². The van der Waals surface area contributed by atoms with Crippen molar-refractivity contribution >= 4 is 18.3 Å². The highest BCUT2D eigenvalue weighted by Gasteiger charge is 2.29. The van der Waals surface area contributed by atoms with Crippen LogP contribution in [0.5, 0.6) is 0 Å². The molecule has 1 saturated carbocycles. The third kappa shape index (κ3) is 3.67. The first-order valence-electron chi connectivity index (χ1n) is 6.49. The molecule has 1 aromatic rings. The normalized spacial score (nSPS) is 23.0. The zero-order chi connectivity index (χ0) is 14.0. The first-order chi connectivity index (χ1) is 8.99. The van der Waals surface area contributed by atoms with Gasteiger partial charge in [-0.25, -0.2) is 8.78 Å². The molecule has 6 heteroatoms. The number of hydrogen-bond acceptors (Lipinski definition) is 2. The van der Waals surface area contributed by atoms with E-state index in [2.05, 4.69) is 5.32 Å². The minimum atomic E-state index is -0.689. The topological polar surface area (TPSA) is 55.1 Å². The highest BCUT2D eigenvalue weighted by molar-refractivity contribution is 5.85. The molecule has 3 N–H and O–H groups in total. The van der Waals surface area contributed by atoms with Crippen molar-refractivity contribution in [1.82, 2.24) is 5.32 Å². The molecular formula is C14H19ClF2N2O.